The Kier molecular flexibility index (Phi) is 3.91. The van der Waals surface area contributed by atoms with Gasteiger partial charge < -0.3 is 14.3 Å². The Hall–Kier alpha value is -0.930. The Morgan fingerprint density at radius 2 is 2.06 bits per heavy atom. The minimum atomic E-state index is 0.505. The normalized spacial score (nSPS) is 17.1. The smallest absolute Gasteiger partial charge is 0.191 e. The first-order valence-corrected chi connectivity index (χ1v) is 5.84. The minimum Gasteiger partial charge on any atom is -0.493 e. The number of nitrogens with one attached hydrogen (secondary N) is 1. The van der Waals surface area contributed by atoms with Gasteiger partial charge in [0.1, 0.15) is 11.9 Å². The number of benzene rings is 1. The third-order valence-corrected chi connectivity index (χ3v) is 3.24. The van der Waals surface area contributed by atoms with Gasteiger partial charge in [0, 0.05) is 5.56 Å². The molecule has 1 heterocycles. The zero-order valence-electron chi connectivity index (χ0n) is 9.33. The summed E-state index contributed by atoms with van der Waals surface area (Å²) in [6.07, 6.45) is 2.22. The number of ether oxygens (including phenoxy) is 1. The van der Waals surface area contributed by atoms with Gasteiger partial charge >= 0.3 is 0 Å². The van der Waals surface area contributed by atoms with Gasteiger partial charge in [0.05, 0.1) is 7.11 Å². The summed E-state index contributed by atoms with van der Waals surface area (Å²) in [7, 11) is 1.63. The van der Waals surface area contributed by atoms with Crippen LogP contribution in [0.25, 0.3) is 0 Å². The molecule has 0 bridgehead atoms. The van der Waals surface area contributed by atoms with Crippen LogP contribution in [0.3, 0.4) is 0 Å². The summed E-state index contributed by atoms with van der Waals surface area (Å²) in [5.41, 5.74) is 1.15. The van der Waals surface area contributed by atoms with Crippen LogP contribution >= 0.6 is 11.9 Å². The van der Waals surface area contributed by atoms with E-state index in [2.05, 4.69) is 11.4 Å². The maximum absolute atomic E-state index is 5.54. The molecule has 1 aromatic rings. The third kappa shape index (κ3) is 2.25. The summed E-state index contributed by atoms with van der Waals surface area (Å²) in [5, 5.41) is 3.35. The molecule has 4 heteroatoms. The SMILES string of the molecule is COc1cccc(C2CCNCC2)c1OCl. The monoisotopic (exact) mass is 241 g/mol. The second-order valence-electron chi connectivity index (χ2n) is 3.98. The molecule has 88 valence electrons. The maximum atomic E-state index is 5.54. The van der Waals surface area contributed by atoms with Crippen LogP contribution in [-0.4, -0.2) is 20.2 Å². The lowest BCUT2D eigenvalue weighted by molar-refractivity contribution is 0.390. The van der Waals surface area contributed by atoms with Gasteiger partial charge in [-0.3, -0.25) is 0 Å². The molecule has 0 aliphatic carbocycles. The summed E-state index contributed by atoms with van der Waals surface area (Å²) in [6, 6.07) is 5.91. The number of methoxy groups -OCH3 is 1. The molecule has 1 aliphatic rings. The highest BCUT2D eigenvalue weighted by Crippen LogP contribution is 2.39. The number of hydrogen-bond donors (Lipinski definition) is 1. The van der Waals surface area contributed by atoms with Crippen molar-refractivity contribution in [2.24, 2.45) is 0 Å². The molecule has 2 rings (SSSR count). The number of rotatable bonds is 3. The summed E-state index contributed by atoms with van der Waals surface area (Å²) in [6.45, 7) is 2.09. The van der Waals surface area contributed by atoms with E-state index in [-0.39, 0.29) is 0 Å². The number of halogens is 1. The Balaban J connectivity index is 2.30. The van der Waals surface area contributed by atoms with Crippen molar-refractivity contribution in [1.82, 2.24) is 5.32 Å². The molecular formula is C12H16ClNO2. The van der Waals surface area contributed by atoms with E-state index in [0.29, 0.717) is 17.4 Å². The highest BCUT2D eigenvalue weighted by Gasteiger charge is 2.21. The predicted octanol–water partition coefficient (Wildman–Crippen LogP) is 2.69. The Labute approximate surface area is 101 Å². The van der Waals surface area contributed by atoms with Crippen molar-refractivity contribution in [2.45, 2.75) is 18.8 Å². The lowest BCUT2D eigenvalue weighted by Crippen LogP contribution is -2.26. The van der Waals surface area contributed by atoms with E-state index in [1.165, 1.54) is 0 Å². The van der Waals surface area contributed by atoms with Crippen molar-refractivity contribution in [1.29, 1.82) is 0 Å². The fraction of sp³-hybridized carbons (Fsp3) is 0.500. The summed E-state index contributed by atoms with van der Waals surface area (Å²) < 4.78 is 10.2. The van der Waals surface area contributed by atoms with Crippen molar-refractivity contribution in [2.75, 3.05) is 20.2 Å². The highest BCUT2D eigenvalue weighted by molar-refractivity contribution is 6.09. The van der Waals surface area contributed by atoms with Crippen LogP contribution in [0.5, 0.6) is 11.5 Å². The first-order valence-electron chi connectivity index (χ1n) is 5.53. The molecule has 0 saturated carbocycles. The van der Waals surface area contributed by atoms with Gasteiger partial charge in [0.15, 0.2) is 11.5 Å². The zero-order chi connectivity index (χ0) is 11.4. The van der Waals surface area contributed by atoms with Crippen molar-refractivity contribution in [3.63, 3.8) is 0 Å². The topological polar surface area (TPSA) is 30.5 Å². The van der Waals surface area contributed by atoms with Crippen molar-refractivity contribution < 1.29 is 9.03 Å². The molecule has 0 radical (unpaired) electrons. The van der Waals surface area contributed by atoms with Gasteiger partial charge in [-0.05, 0) is 37.9 Å². The second-order valence-corrected chi connectivity index (χ2v) is 4.13. The van der Waals surface area contributed by atoms with E-state index in [9.17, 15) is 0 Å². The molecule has 0 atom stereocenters. The van der Waals surface area contributed by atoms with E-state index in [1.807, 2.05) is 12.1 Å². The van der Waals surface area contributed by atoms with Crippen molar-refractivity contribution in [3.8, 4) is 11.5 Å². The standard InChI is InChI=1S/C12H16ClNO2/c1-15-11-4-2-3-10(12(11)16-13)9-5-7-14-8-6-9/h2-4,9,14H,5-8H2,1H3. The van der Waals surface area contributed by atoms with Crippen LogP contribution in [0.15, 0.2) is 18.2 Å². The Morgan fingerprint density at radius 1 is 1.31 bits per heavy atom. The number of piperidine rings is 1. The van der Waals surface area contributed by atoms with Crippen molar-refractivity contribution in [3.05, 3.63) is 23.8 Å². The number of para-hydroxylation sites is 1. The molecule has 1 aromatic carbocycles. The molecule has 0 spiro atoms. The summed E-state index contributed by atoms with van der Waals surface area (Å²) >= 11 is 5.54. The predicted molar refractivity (Wildman–Crippen MR) is 64.3 cm³/mol. The second kappa shape index (κ2) is 5.41. The fourth-order valence-corrected chi connectivity index (χ4v) is 2.40. The van der Waals surface area contributed by atoms with E-state index < -0.39 is 0 Å². The quantitative estimate of drug-likeness (QED) is 0.883. The largest absolute Gasteiger partial charge is 0.493 e. The first-order chi connectivity index (χ1) is 7.86. The van der Waals surface area contributed by atoms with Crippen molar-refractivity contribution >= 4 is 11.9 Å². The first kappa shape index (κ1) is 11.6. The van der Waals surface area contributed by atoms with Crippen LogP contribution in [0.4, 0.5) is 0 Å². The van der Waals surface area contributed by atoms with Crippen LogP contribution in [0.1, 0.15) is 24.3 Å². The van der Waals surface area contributed by atoms with Gasteiger partial charge in [-0.25, -0.2) is 0 Å². The average molecular weight is 242 g/mol. The molecule has 0 amide bonds. The molecule has 1 fully saturated rings. The van der Waals surface area contributed by atoms with Crippen LogP contribution in [0.2, 0.25) is 0 Å². The van der Waals surface area contributed by atoms with Gasteiger partial charge in [-0.2, -0.15) is 0 Å². The van der Waals surface area contributed by atoms with Gasteiger partial charge in [0.25, 0.3) is 0 Å². The van der Waals surface area contributed by atoms with Gasteiger partial charge in [-0.15, -0.1) is 0 Å². The maximum Gasteiger partial charge on any atom is 0.191 e. The van der Waals surface area contributed by atoms with E-state index >= 15 is 0 Å². The number of hydrogen-bond acceptors (Lipinski definition) is 3. The lowest BCUT2D eigenvalue weighted by atomic mass is 9.89. The molecule has 0 unspecified atom stereocenters. The molecule has 1 saturated heterocycles. The molecule has 3 nitrogen and oxygen atoms in total. The third-order valence-electron chi connectivity index (χ3n) is 3.09. The molecular weight excluding hydrogens is 226 g/mol. The molecule has 16 heavy (non-hydrogen) atoms. The molecule has 1 N–H and O–H groups in total. The Morgan fingerprint density at radius 3 is 2.69 bits per heavy atom. The Bertz CT molecular complexity index is 351. The van der Waals surface area contributed by atoms with E-state index in [1.54, 1.807) is 7.11 Å². The fourth-order valence-electron chi connectivity index (χ4n) is 2.23. The lowest BCUT2D eigenvalue weighted by Gasteiger charge is -2.24. The van der Waals surface area contributed by atoms with Crippen LogP contribution in [-0.2, 0) is 0 Å². The molecule has 1 aliphatic heterocycles. The highest BCUT2D eigenvalue weighted by atomic mass is 35.5. The van der Waals surface area contributed by atoms with Gasteiger partial charge in [-0.1, -0.05) is 12.1 Å². The molecule has 0 aromatic heterocycles. The summed E-state index contributed by atoms with van der Waals surface area (Å²) in [5.74, 6) is 1.87. The summed E-state index contributed by atoms with van der Waals surface area (Å²) in [4.78, 5) is 0. The van der Waals surface area contributed by atoms with Gasteiger partial charge in [0.2, 0.25) is 0 Å². The van der Waals surface area contributed by atoms with Crippen LogP contribution < -0.4 is 14.3 Å². The van der Waals surface area contributed by atoms with E-state index in [4.69, 9.17) is 20.9 Å². The van der Waals surface area contributed by atoms with Crippen LogP contribution in [0, 0.1) is 0 Å². The average Bonchev–Trinajstić information content (AvgIpc) is 2.38. The minimum absolute atomic E-state index is 0.505. The van der Waals surface area contributed by atoms with E-state index in [0.717, 1.165) is 31.5 Å². The zero-order valence-corrected chi connectivity index (χ0v) is 10.1.